The van der Waals surface area contributed by atoms with Crippen molar-refractivity contribution in [3.05, 3.63) is 52.1 Å². The van der Waals surface area contributed by atoms with E-state index in [1.807, 2.05) is 57.9 Å². The maximum Gasteiger partial charge on any atom is 0.405 e. The van der Waals surface area contributed by atoms with Crippen LogP contribution < -0.4 is 16.4 Å². The quantitative estimate of drug-likeness (QED) is 0.121. The zero-order valence-electron chi connectivity index (χ0n) is 24.8. The van der Waals surface area contributed by atoms with Crippen molar-refractivity contribution in [2.24, 2.45) is 5.41 Å². The molecule has 0 radical (unpaired) electrons. The van der Waals surface area contributed by atoms with E-state index in [9.17, 15) is 19.3 Å². The molecule has 1 aliphatic rings. The maximum absolute atomic E-state index is 16.1. The van der Waals surface area contributed by atoms with Gasteiger partial charge in [-0.1, -0.05) is 68.3 Å². The summed E-state index contributed by atoms with van der Waals surface area (Å²) in [5.74, 6) is 1.89. The molecular weight excluding hydrogens is 614 g/mol. The Labute approximate surface area is 258 Å². The average molecular weight is 651 g/mol. The number of halogens is 1. The third-order valence-electron chi connectivity index (χ3n) is 7.39. The Morgan fingerprint density at radius 3 is 2.75 bits per heavy atom. The number of rotatable bonds is 13. The Kier molecular flexibility index (Phi) is 10.4. The Hall–Kier alpha value is -3.09. The smallest absolute Gasteiger partial charge is 0.386 e. The minimum absolute atomic E-state index is 0.0284. The molecule has 0 aliphatic carbocycles. The summed E-state index contributed by atoms with van der Waals surface area (Å²) in [5, 5.41) is 13.7. The number of H-pyrrole nitrogens is 1. The topological polar surface area (TPSA) is 184 Å². The van der Waals surface area contributed by atoms with Crippen LogP contribution in [0.3, 0.4) is 0 Å². The van der Waals surface area contributed by atoms with Crippen molar-refractivity contribution >= 4 is 41.7 Å². The van der Waals surface area contributed by atoms with Crippen molar-refractivity contribution in [2.45, 2.75) is 64.8 Å². The van der Waals surface area contributed by atoms with Gasteiger partial charge in [-0.15, -0.1) is 6.42 Å². The average Bonchev–Trinajstić information content (AvgIpc) is 3.52. The van der Waals surface area contributed by atoms with Crippen LogP contribution in [0.4, 0.5) is 10.3 Å². The summed E-state index contributed by atoms with van der Waals surface area (Å²) in [6.07, 6.45) is 2.21. The highest BCUT2D eigenvalue weighted by atomic mass is 32.2. The van der Waals surface area contributed by atoms with E-state index in [2.05, 4.69) is 20.0 Å². The lowest BCUT2D eigenvalue weighted by Crippen LogP contribution is -2.42. The number of nitrogen functional groups attached to an aromatic ring is 1. The number of alkyl halides is 1. The predicted octanol–water partition coefficient (Wildman–Crippen LogP) is 3.24. The summed E-state index contributed by atoms with van der Waals surface area (Å²) >= 11 is 1.06. The highest BCUT2D eigenvalue weighted by Crippen LogP contribution is 2.47. The monoisotopic (exact) mass is 650 g/mol. The van der Waals surface area contributed by atoms with Crippen molar-refractivity contribution in [2.75, 3.05) is 24.7 Å². The van der Waals surface area contributed by atoms with E-state index in [4.69, 9.17) is 25.9 Å². The molecule has 3 aromatic rings. The van der Waals surface area contributed by atoms with E-state index in [1.54, 1.807) is 0 Å². The molecule has 1 unspecified atom stereocenters. The lowest BCUT2D eigenvalue weighted by Gasteiger charge is -2.24. The maximum atomic E-state index is 16.1. The number of fused-ring (bicyclic) bond motifs is 1. The SMILES string of the molecule is C#C[C@@]1(F)[C@H](O)[C@@H](COP(=O)(NCc2ccc(C)cc2)OCCSC(=O)C(C)(C)CC)O[C@H]1n1cnc2c(=O)[nH]c(N)nc21. The van der Waals surface area contributed by atoms with Crippen molar-refractivity contribution < 1.29 is 32.6 Å². The number of nitrogens with zero attached hydrogens (tertiary/aromatic N) is 3. The molecule has 0 amide bonds. The number of carbonyl (C=O) groups is 1. The second-order valence-electron chi connectivity index (χ2n) is 11.0. The number of aryl methyl sites for hydroxylation is 1. The van der Waals surface area contributed by atoms with Crippen LogP contribution in [0.5, 0.6) is 0 Å². The van der Waals surface area contributed by atoms with E-state index in [0.29, 0.717) is 6.42 Å². The van der Waals surface area contributed by atoms with Gasteiger partial charge in [-0.25, -0.2) is 19.0 Å². The fourth-order valence-electron chi connectivity index (χ4n) is 4.25. The van der Waals surface area contributed by atoms with Crippen molar-refractivity contribution in [3.8, 4) is 12.3 Å². The largest absolute Gasteiger partial charge is 0.405 e. The first-order valence-corrected chi connectivity index (χ1v) is 16.4. The molecule has 16 heteroatoms. The number of aliphatic hydroxyl groups excluding tert-OH is 1. The number of hydrogen-bond acceptors (Lipinski definition) is 11. The Balaban J connectivity index is 1.50. The van der Waals surface area contributed by atoms with E-state index >= 15 is 4.39 Å². The van der Waals surface area contributed by atoms with Crippen LogP contribution in [-0.2, 0) is 29.7 Å². The van der Waals surface area contributed by atoms with Gasteiger partial charge in [0.1, 0.15) is 12.2 Å². The summed E-state index contributed by atoms with van der Waals surface area (Å²) in [4.78, 5) is 34.9. The first-order valence-electron chi connectivity index (χ1n) is 13.8. The number of thioether (sulfide) groups is 1. The molecule has 5 atom stereocenters. The molecule has 0 spiro atoms. The number of aliphatic hydroxyl groups is 1. The molecule has 1 fully saturated rings. The standard InChI is InChI=1S/C28H36FN6O7PS/c1-6-27(4,5)25(38)44-13-12-40-43(39,32-14-18-10-8-17(3)9-11-18)41-15-19-21(36)28(29,7-2)24(42-19)35-16-31-20-22(35)33-26(30)34-23(20)37/h2,8-11,16,19,21,24,36H,6,12-15H2,1,3-5H3,(H,32,39)(H3,30,33,34,37)/t19-,21-,24-,28-,43?/m1/s1. The number of aromatic amines is 1. The molecule has 2 aromatic heterocycles. The summed E-state index contributed by atoms with van der Waals surface area (Å²) in [5.41, 5.74) is 3.22. The second kappa shape index (κ2) is 13.5. The zero-order chi connectivity index (χ0) is 32.3. The highest BCUT2D eigenvalue weighted by molar-refractivity contribution is 8.13. The Morgan fingerprint density at radius 2 is 2.09 bits per heavy atom. The van der Waals surface area contributed by atoms with Crippen LogP contribution in [0, 0.1) is 24.7 Å². The summed E-state index contributed by atoms with van der Waals surface area (Å²) in [7, 11) is -4.10. The van der Waals surface area contributed by atoms with Crippen LogP contribution >= 0.6 is 19.5 Å². The van der Waals surface area contributed by atoms with Crippen LogP contribution in [0.15, 0.2) is 35.4 Å². The second-order valence-corrected chi connectivity index (χ2v) is 13.9. The van der Waals surface area contributed by atoms with Crippen LogP contribution in [0.1, 0.15) is 44.5 Å². The summed E-state index contributed by atoms with van der Waals surface area (Å²) in [6.45, 7) is 6.94. The van der Waals surface area contributed by atoms with Gasteiger partial charge in [0.2, 0.25) is 11.6 Å². The van der Waals surface area contributed by atoms with Gasteiger partial charge in [0.15, 0.2) is 22.5 Å². The minimum Gasteiger partial charge on any atom is -0.386 e. The highest BCUT2D eigenvalue weighted by Gasteiger charge is 2.58. The first-order chi connectivity index (χ1) is 20.7. The van der Waals surface area contributed by atoms with Crippen LogP contribution in [-0.4, -0.2) is 66.6 Å². The van der Waals surface area contributed by atoms with Crippen LogP contribution in [0.2, 0.25) is 0 Å². The van der Waals surface area contributed by atoms with Gasteiger partial charge in [-0.2, -0.15) is 4.98 Å². The fraction of sp³-hybridized carbons (Fsp3) is 0.500. The number of benzene rings is 1. The molecule has 44 heavy (non-hydrogen) atoms. The molecule has 0 bridgehead atoms. The number of nitrogens with one attached hydrogen (secondary N) is 2. The van der Waals surface area contributed by atoms with Gasteiger partial charge in [-0.05, 0) is 18.9 Å². The van der Waals surface area contributed by atoms with Gasteiger partial charge >= 0.3 is 7.75 Å². The predicted molar refractivity (Wildman–Crippen MR) is 164 cm³/mol. The van der Waals surface area contributed by atoms with Crippen molar-refractivity contribution in [1.82, 2.24) is 24.6 Å². The van der Waals surface area contributed by atoms with Crippen molar-refractivity contribution in [1.29, 1.82) is 0 Å². The van der Waals surface area contributed by atoms with Gasteiger partial charge < -0.3 is 15.6 Å². The molecule has 1 saturated heterocycles. The number of terminal acetylenes is 1. The molecule has 1 aliphatic heterocycles. The van der Waals surface area contributed by atoms with Gasteiger partial charge in [-0.3, -0.25) is 28.2 Å². The zero-order valence-corrected chi connectivity index (χ0v) is 26.5. The third kappa shape index (κ3) is 7.24. The van der Waals surface area contributed by atoms with E-state index in [-0.39, 0.29) is 41.1 Å². The van der Waals surface area contributed by atoms with Crippen molar-refractivity contribution in [3.63, 3.8) is 0 Å². The van der Waals surface area contributed by atoms with Crippen LogP contribution in [0.25, 0.3) is 11.2 Å². The van der Waals surface area contributed by atoms with E-state index < -0.39 is 49.4 Å². The lowest BCUT2D eigenvalue weighted by atomic mass is 9.92. The Bertz CT molecular complexity index is 1640. The number of nitrogens with two attached hydrogens (primary N) is 1. The molecule has 0 saturated carbocycles. The molecular formula is C28H36FN6O7PS. The molecule has 4 rings (SSSR count). The first kappa shape index (κ1) is 33.8. The van der Waals surface area contributed by atoms with E-state index in [1.165, 1.54) is 0 Å². The number of carbonyl (C=O) groups excluding carboxylic acids is 1. The van der Waals surface area contributed by atoms with E-state index in [0.717, 1.165) is 33.8 Å². The minimum atomic E-state index is -4.10. The number of imidazole rings is 1. The number of hydrogen-bond donors (Lipinski definition) is 4. The molecule has 1 aromatic carbocycles. The lowest BCUT2D eigenvalue weighted by molar-refractivity contribution is -0.118. The molecule has 238 valence electrons. The number of ether oxygens (including phenoxy) is 1. The normalized spacial score (nSPS) is 23.4. The van der Waals surface area contributed by atoms with Gasteiger partial charge in [0, 0.05) is 17.7 Å². The van der Waals surface area contributed by atoms with Gasteiger partial charge in [0.25, 0.3) is 5.56 Å². The van der Waals surface area contributed by atoms with Gasteiger partial charge in [0.05, 0.1) is 19.5 Å². The number of anilines is 1. The third-order valence-corrected chi connectivity index (χ3v) is 10.1. The fourth-order valence-corrected chi connectivity index (χ4v) is 6.57. The molecule has 5 N–H and O–H groups in total. The number of aromatic nitrogens is 4. The summed E-state index contributed by atoms with van der Waals surface area (Å²) in [6, 6.07) is 7.46. The summed E-state index contributed by atoms with van der Waals surface area (Å²) < 4.78 is 48.0. The molecule has 3 heterocycles. The molecule has 13 nitrogen and oxygen atoms in total. The Morgan fingerprint density at radius 1 is 1.39 bits per heavy atom.